The molecule has 0 unspecified atom stereocenters. The number of rotatable bonds is 7. The smallest absolute Gasteiger partial charge is 0.229 e. The molecular weight excluding hydrogens is 497 g/mol. The van der Waals surface area contributed by atoms with Crippen molar-refractivity contribution < 1.29 is 19.1 Å². The Labute approximate surface area is 219 Å². The lowest BCUT2D eigenvalue weighted by molar-refractivity contribution is -0.118. The predicted molar refractivity (Wildman–Crippen MR) is 143 cm³/mol. The topological polar surface area (TPSA) is 89.0 Å². The molecule has 0 aliphatic carbocycles. The molecule has 0 bridgehead atoms. The summed E-state index contributed by atoms with van der Waals surface area (Å²) in [7, 11) is 3.65. The molecule has 2 N–H and O–H groups in total. The summed E-state index contributed by atoms with van der Waals surface area (Å²) in [5.74, 6) is -0.326. The van der Waals surface area contributed by atoms with Crippen LogP contribution in [0.1, 0.15) is 6.42 Å². The van der Waals surface area contributed by atoms with Crippen molar-refractivity contribution in [1.82, 2.24) is 15.2 Å². The zero-order valence-electron chi connectivity index (χ0n) is 20.5. The Hall–Kier alpha value is -3.95. The van der Waals surface area contributed by atoms with E-state index in [2.05, 4.69) is 10.3 Å². The van der Waals surface area contributed by atoms with Crippen molar-refractivity contribution in [1.29, 1.82) is 0 Å². The average Bonchev–Trinajstić information content (AvgIpc) is 3.10. The van der Waals surface area contributed by atoms with Gasteiger partial charge in [-0.15, -0.1) is 0 Å². The first-order valence-electron chi connectivity index (χ1n) is 11.7. The monoisotopic (exact) mass is 523 g/mol. The molecule has 0 atom stereocenters. The minimum atomic E-state index is -0.556. The quantitative estimate of drug-likeness (QED) is 0.450. The van der Waals surface area contributed by atoms with Crippen molar-refractivity contribution in [3.8, 4) is 28.0 Å². The zero-order chi connectivity index (χ0) is 26.5. The maximum Gasteiger partial charge on any atom is 0.229 e. The van der Waals surface area contributed by atoms with Crippen LogP contribution >= 0.6 is 11.6 Å². The summed E-state index contributed by atoms with van der Waals surface area (Å²) in [5, 5.41) is 14.6. The highest BCUT2D eigenvalue weighted by Crippen LogP contribution is 2.41. The fourth-order valence-corrected chi connectivity index (χ4v) is 4.33. The van der Waals surface area contributed by atoms with Crippen LogP contribution in [0.15, 0.2) is 61.1 Å². The van der Waals surface area contributed by atoms with E-state index in [1.54, 1.807) is 52.5 Å². The fraction of sp³-hybridized carbons (Fsp3) is 0.222. The second-order valence-electron chi connectivity index (χ2n) is 8.74. The molecule has 0 spiro atoms. The maximum absolute atomic E-state index is 14.8. The van der Waals surface area contributed by atoms with E-state index in [4.69, 9.17) is 11.6 Å². The molecule has 10 heteroatoms. The lowest BCUT2D eigenvalue weighted by Crippen LogP contribution is -2.32. The molecule has 2 heterocycles. The van der Waals surface area contributed by atoms with E-state index in [1.165, 1.54) is 23.2 Å². The third kappa shape index (κ3) is 5.90. The number of aromatic nitrogens is 1. The van der Waals surface area contributed by atoms with Gasteiger partial charge in [0.15, 0.2) is 0 Å². The molecule has 1 fully saturated rings. The summed E-state index contributed by atoms with van der Waals surface area (Å²) in [6.45, 7) is 1.69. The van der Waals surface area contributed by atoms with E-state index >= 15 is 0 Å². The maximum atomic E-state index is 14.8. The predicted octanol–water partition coefficient (Wildman–Crippen LogP) is 4.24. The number of carbonyl (C=O) groups excluding carboxylic acids is 2. The van der Waals surface area contributed by atoms with Crippen molar-refractivity contribution in [2.75, 3.05) is 43.5 Å². The number of phenols is 1. The van der Waals surface area contributed by atoms with Crippen LogP contribution in [0.2, 0.25) is 5.02 Å². The average molecular weight is 524 g/mol. The number of hydrogen-bond acceptors (Lipinski definition) is 6. The minimum Gasteiger partial charge on any atom is -0.507 e. The fourth-order valence-electron chi connectivity index (χ4n) is 4.05. The lowest BCUT2D eigenvalue weighted by atomic mass is 9.97. The summed E-state index contributed by atoms with van der Waals surface area (Å²) in [5.41, 5.74) is 1.90. The Balaban J connectivity index is 1.72. The van der Waals surface area contributed by atoms with Crippen molar-refractivity contribution in [2.45, 2.75) is 6.42 Å². The number of carbonyl (C=O) groups is 2. The first-order valence-corrected chi connectivity index (χ1v) is 12.0. The number of benzene rings is 2. The number of aromatic hydroxyl groups is 1. The highest BCUT2D eigenvalue weighted by molar-refractivity contribution is 6.34. The largest absolute Gasteiger partial charge is 0.507 e. The lowest BCUT2D eigenvalue weighted by Gasteiger charge is -2.20. The number of phenolic OH excluding ortho intramolecular Hbond substituents is 1. The van der Waals surface area contributed by atoms with Gasteiger partial charge in [0.05, 0.1) is 10.7 Å². The van der Waals surface area contributed by atoms with Crippen LogP contribution in [0, 0.1) is 5.82 Å². The molecule has 3 aromatic rings. The van der Waals surface area contributed by atoms with Gasteiger partial charge >= 0.3 is 0 Å². The molecule has 1 aliphatic heterocycles. The molecular formula is C27H27ClFN5O3. The number of amides is 2. The third-order valence-corrected chi connectivity index (χ3v) is 6.22. The summed E-state index contributed by atoms with van der Waals surface area (Å²) < 4.78 is 14.8. The molecule has 37 heavy (non-hydrogen) atoms. The minimum absolute atomic E-state index is 0.0571. The van der Waals surface area contributed by atoms with Gasteiger partial charge in [0.25, 0.3) is 0 Å². The summed E-state index contributed by atoms with van der Waals surface area (Å²) >= 11 is 6.48. The van der Waals surface area contributed by atoms with E-state index < -0.39 is 5.82 Å². The molecule has 1 aromatic heterocycles. The van der Waals surface area contributed by atoms with Crippen molar-refractivity contribution in [3.63, 3.8) is 0 Å². The van der Waals surface area contributed by atoms with Crippen molar-refractivity contribution in [2.24, 2.45) is 0 Å². The highest BCUT2D eigenvalue weighted by atomic mass is 35.5. The SMILES string of the molecule is CN(C)/C=C\N(C=O)c1ccc(-c2cc(F)cc(-c3ccnc(N4CCNCCC4=O)c3)c2O)cc1Cl. The molecule has 0 saturated carbocycles. The van der Waals surface area contributed by atoms with Crippen LogP contribution in [0.5, 0.6) is 5.75 Å². The third-order valence-electron chi connectivity index (χ3n) is 5.91. The molecule has 8 nitrogen and oxygen atoms in total. The molecule has 2 amide bonds. The van der Waals surface area contributed by atoms with Gasteiger partial charge in [0.1, 0.15) is 17.4 Å². The van der Waals surface area contributed by atoms with Crippen LogP contribution in [-0.2, 0) is 9.59 Å². The van der Waals surface area contributed by atoms with E-state index in [1.807, 2.05) is 14.1 Å². The van der Waals surface area contributed by atoms with Crippen LogP contribution in [0.25, 0.3) is 22.3 Å². The van der Waals surface area contributed by atoms with E-state index in [0.29, 0.717) is 55.1 Å². The Morgan fingerprint density at radius 3 is 2.49 bits per heavy atom. The Morgan fingerprint density at radius 2 is 1.81 bits per heavy atom. The molecule has 4 rings (SSSR count). The number of hydrogen-bond donors (Lipinski definition) is 2. The number of anilines is 2. The van der Waals surface area contributed by atoms with E-state index in [-0.39, 0.29) is 27.8 Å². The summed E-state index contributed by atoms with van der Waals surface area (Å²) in [6.07, 6.45) is 5.77. The van der Waals surface area contributed by atoms with Crippen LogP contribution in [0.3, 0.4) is 0 Å². The second kappa shape index (κ2) is 11.4. The Kier molecular flexibility index (Phi) is 8.05. The number of nitrogens with zero attached hydrogens (tertiary/aromatic N) is 4. The van der Waals surface area contributed by atoms with Gasteiger partial charge in [-0.1, -0.05) is 17.7 Å². The zero-order valence-corrected chi connectivity index (χ0v) is 21.2. The van der Waals surface area contributed by atoms with Crippen LogP contribution < -0.4 is 15.1 Å². The molecule has 1 aliphatic rings. The van der Waals surface area contributed by atoms with Gasteiger partial charge in [-0.2, -0.15) is 0 Å². The normalized spacial score (nSPS) is 14.1. The van der Waals surface area contributed by atoms with Crippen molar-refractivity contribution in [3.05, 3.63) is 71.9 Å². The van der Waals surface area contributed by atoms with Gasteiger partial charge in [0.2, 0.25) is 12.3 Å². The van der Waals surface area contributed by atoms with Gasteiger partial charge in [-0.05, 0) is 47.5 Å². The van der Waals surface area contributed by atoms with E-state index in [0.717, 1.165) is 0 Å². The first-order chi connectivity index (χ1) is 17.8. The number of pyridine rings is 1. The second-order valence-corrected chi connectivity index (χ2v) is 9.15. The first kappa shape index (κ1) is 26.1. The van der Waals surface area contributed by atoms with Crippen LogP contribution in [0.4, 0.5) is 15.9 Å². The summed E-state index contributed by atoms with van der Waals surface area (Å²) in [4.78, 5) is 33.1. The molecule has 0 radical (unpaired) electrons. The highest BCUT2D eigenvalue weighted by Gasteiger charge is 2.21. The van der Waals surface area contributed by atoms with Gasteiger partial charge in [-0.3, -0.25) is 19.4 Å². The molecule has 1 saturated heterocycles. The summed E-state index contributed by atoms with van der Waals surface area (Å²) in [6, 6.07) is 10.6. The number of halogens is 2. The van der Waals surface area contributed by atoms with E-state index in [9.17, 15) is 19.1 Å². The van der Waals surface area contributed by atoms with Gasteiger partial charge < -0.3 is 15.3 Å². The molecule has 192 valence electrons. The van der Waals surface area contributed by atoms with Crippen LogP contribution in [-0.4, -0.2) is 61.0 Å². The number of nitrogens with one attached hydrogen (secondary N) is 1. The van der Waals surface area contributed by atoms with Gasteiger partial charge in [0, 0.05) is 69.9 Å². The Morgan fingerprint density at radius 1 is 1.08 bits per heavy atom. The molecule has 2 aromatic carbocycles. The standard InChI is InChI=1S/C27H27ClFN5O3/c1-32(2)11-12-33(17-35)24-4-3-18(13-23(24)28)21-15-20(29)16-22(27(21)37)19-5-8-31-25(14-19)34-10-9-30-7-6-26(34)36/h3-5,8,11-17,30,37H,6-7,9-10H2,1-2H3/b12-11-. The van der Waals surface area contributed by atoms with Gasteiger partial charge in [-0.25, -0.2) is 9.37 Å². The Bertz CT molecular complexity index is 1350. The van der Waals surface area contributed by atoms with Crippen molar-refractivity contribution >= 4 is 35.4 Å².